The summed E-state index contributed by atoms with van der Waals surface area (Å²) in [5.74, 6) is 0.0354. The van der Waals surface area contributed by atoms with E-state index in [2.05, 4.69) is 20.3 Å². The quantitative estimate of drug-likeness (QED) is 0.860. The Bertz CT molecular complexity index is 503. The molecule has 0 aliphatic carbocycles. The second-order valence-corrected chi connectivity index (χ2v) is 3.30. The minimum atomic E-state index is -0.279. The van der Waals surface area contributed by atoms with E-state index in [-0.39, 0.29) is 11.1 Å². The predicted molar refractivity (Wildman–Crippen MR) is 59.2 cm³/mol. The highest BCUT2D eigenvalue weighted by Gasteiger charge is 2.06. The summed E-state index contributed by atoms with van der Waals surface area (Å²) in [6.07, 6.45) is 5.89. The molecule has 0 saturated heterocycles. The molecule has 80 valence electrons. The molecule has 2 heterocycles. The third kappa shape index (κ3) is 2.52. The van der Waals surface area contributed by atoms with Gasteiger partial charge in [-0.25, -0.2) is 4.98 Å². The standard InChI is InChI=1S/C10H7ClN4O/c11-8-5-13-6-9(14-8)15-10(16)7-1-3-12-4-2-7/h1-6H,(H,14,15,16). The van der Waals surface area contributed by atoms with Crippen molar-refractivity contribution < 1.29 is 4.79 Å². The summed E-state index contributed by atoms with van der Waals surface area (Å²) in [6.45, 7) is 0. The van der Waals surface area contributed by atoms with Crippen molar-refractivity contribution in [2.75, 3.05) is 5.32 Å². The monoisotopic (exact) mass is 234 g/mol. The molecule has 16 heavy (non-hydrogen) atoms. The second-order valence-electron chi connectivity index (χ2n) is 2.92. The van der Waals surface area contributed by atoms with Crippen LogP contribution in [0.2, 0.25) is 5.15 Å². The van der Waals surface area contributed by atoms with Crippen LogP contribution in [-0.2, 0) is 0 Å². The van der Waals surface area contributed by atoms with Gasteiger partial charge in [0.2, 0.25) is 0 Å². The molecule has 0 radical (unpaired) electrons. The fourth-order valence-corrected chi connectivity index (χ4v) is 1.24. The Labute approximate surface area is 96.5 Å². The number of amides is 1. The van der Waals surface area contributed by atoms with E-state index in [1.165, 1.54) is 12.4 Å². The smallest absolute Gasteiger partial charge is 0.256 e. The Morgan fingerprint density at radius 2 is 1.94 bits per heavy atom. The van der Waals surface area contributed by atoms with Gasteiger partial charge in [0.15, 0.2) is 5.82 Å². The van der Waals surface area contributed by atoms with E-state index in [4.69, 9.17) is 11.6 Å². The van der Waals surface area contributed by atoms with E-state index >= 15 is 0 Å². The van der Waals surface area contributed by atoms with Crippen molar-refractivity contribution in [3.8, 4) is 0 Å². The zero-order chi connectivity index (χ0) is 11.4. The minimum Gasteiger partial charge on any atom is -0.305 e. The predicted octanol–water partition coefficient (Wildman–Crippen LogP) is 1.78. The van der Waals surface area contributed by atoms with Crippen LogP contribution in [0.25, 0.3) is 0 Å². The van der Waals surface area contributed by atoms with Crippen LogP contribution in [0.1, 0.15) is 10.4 Å². The molecule has 2 aromatic heterocycles. The largest absolute Gasteiger partial charge is 0.305 e. The molecular formula is C10H7ClN4O. The van der Waals surface area contributed by atoms with Crippen LogP contribution in [0.3, 0.4) is 0 Å². The van der Waals surface area contributed by atoms with Crippen molar-refractivity contribution in [2.45, 2.75) is 0 Å². The van der Waals surface area contributed by atoms with Crippen molar-refractivity contribution in [3.05, 3.63) is 47.6 Å². The van der Waals surface area contributed by atoms with Crippen molar-refractivity contribution >= 4 is 23.3 Å². The lowest BCUT2D eigenvalue weighted by atomic mass is 10.2. The van der Waals surface area contributed by atoms with Crippen LogP contribution >= 0.6 is 11.6 Å². The lowest BCUT2D eigenvalue weighted by molar-refractivity contribution is 0.102. The number of anilines is 1. The number of rotatable bonds is 2. The molecule has 0 aliphatic heterocycles. The van der Waals surface area contributed by atoms with Crippen molar-refractivity contribution in [2.24, 2.45) is 0 Å². The molecule has 0 saturated carbocycles. The molecular weight excluding hydrogens is 228 g/mol. The average Bonchev–Trinajstić information content (AvgIpc) is 2.30. The van der Waals surface area contributed by atoms with Gasteiger partial charge in [0.1, 0.15) is 5.15 Å². The van der Waals surface area contributed by atoms with Crippen LogP contribution in [0.15, 0.2) is 36.9 Å². The molecule has 0 spiro atoms. The van der Waals surface area contributed by atoms with E-state index in [1.54, 1.807) is 24.5 Å². The third-order valence-electron chi connectivity index (χ3n) is 1.79. The van der Waals surface area contributed by atoms with Crippen molar-refractivity contribution in [3.63, 3.8) is 0 Å². The Balaban J connectivity index is 2.14. The van der Waals surface area contributed by atoms with Gasteiger partial charge >= 0.3 is 0 Å². The van der Waals surface area contributed by atoms with E-state index in [0.29, 0.717) is 11.4 Å². The number of nitrogens with zero attached hydrogens (tertiary/aromatic N) is 3. The van der Waals surface area contributed by atoms with Gasteiger partial charge in [0.05, 0.1) is 12.4 Å². The maximum absolute atomic E-state index is 11.7. The molecule has 1 N–H and O–H groups in total. The van der Waals surface area contributed by atoms with Crippen LogP contribution in [0.5, 0.6) is 0 Å². The number of halogens is 1. The Kier molecular flexibility index (Phi) is 3.07. The Morgan fingerprint density at radius 1 is 1.19 bits per heavy atom. The molecule has 2 rings (SSSR count). The van der Waals surface area contributed by atoms with E-state index < -0.39 is 0 Å². The van der Waals surface area contributed by atoms with Crippen LogP contribution in [0.4, 0.5) is 5.82 Å². The molecule has 0 bridgehead atoms. The normalized spacial score (nSPS) is 9.81. The number of carbonyl (C=O) groups excluding carboxylic acids is 1. The lowest BCUT2D eigenvalue weighted by Crippen LogP contribution is -2.13. The van der Waals surface area contributed by atoms with Gasteiger partial charge in [0.25, 0.3) is 5.91 Å². The van der Waals surface area contributed by atoms with Gasteiger partial charge in [0, 0.05) is 18.0 Å². The van der Waals surface area contributed by atoms with Crippen molar-refractivity contribution in [1.82, 2.24) is 15.0 Å². The SMILES string of the molecule is O=C(Nc1cncc(Cl)n1)c1ccncc1. The molecule has 5 nitrogen and oxygen atoms in total. The van der Waals surface area contributed by atoms with Gasteiger partial charge in [-0.05, 0) is 12.1 Å². The van der Waals surface area contributed by atoms with Gasteiger partial charge in [-0.3, -0.25) is 14.8 Å². The third-order valence-corrected chi connectivity index (χ3v) is 1.97. The van der Waals surface area contributed by atoms with E-state index in [0.717, 1.165) is 0 Å². The number of nitrogens with one attached hydrogen (secondary N) is 1. The summed E-state index contributed by atoms with van der Waals surface area (Å²) in [6, 6.07) is 3.21. The second kappa shape index (κ2) is 4.67. The summed E-state index contributed by atoms with van der Waals surface area (Å²) in [7, 11) is 0. The zero-order valence-corrected chi connectivity index (χ0v) is 8.85. The Hall–Kier alpha value is -2.01. The number of pyridine rings is 1. The molecule has 6 heteroatoms. The number of hydrogen-bond donors (Lipinski definition) is 1. The highest BCUT2D eigenvalue weighted by molar-refractivity contribution is 6.29. The Morgan fingerprint density at radius 3 is 2.62 bits per heavy atom. The van der Waals surface area contributed by atoms with E-state index in [1.807, 2.05) is 0 Å². The van der Waals surface area contributed by atoms with Gasteiger partial charge < -0.3 is 5.32 Å². The van der Waals surface area contributed by atoms with Crippen LogP contribution < -0.4 is 5.32 Å². The fraction of sp³-hybridized carbons (Fsp3) is 0. The maximum atomic E-state index is 11.7. The first kappa shape index (κ1) is 10.5. The highest BCUT2D eigenvalue weighted by Crippen LogP contribution is 2.08. The molecule has 0 aliphatic rings. The van der Waals surface area contributed by atoms with Crippen LogP contribution in [-0.4, -0.2) is 20.9 Å². The molecule has 0 fully saturated rings. The lowest BCUT2D eigenvalue weighted by Gasteiger charge is -2.03. The topological polar surface area (TPSA) is 67.8 Å². The van der Waals surface area contributed by atoms with Gasteiger partial charge in [-0.2, -0.15) is 0 Å². The first-order valence-corrected chi connectivity index (χ1v) is 4.82. The first-order valence-electron chi connectivity index (χ1n) is 4.44. The van der Waals surface area contributed by atoms with Gasteiger partial charge in [-0.1, -0.05) is 11.6 Å². The first-order chi connectivity index (χ1) is 7.75. The fourth-order valence-electron chi connectivity index (χ4n) is 1.09. The summed E-state index contributed by atoms with van der Waals surface area (Å²) < 4.78 is 0. The maximum Gasteiger partial charge on any atom is 0.256 e. The minimum absolute atomic E-state index is 0.229. The van der Waals surface area contributed by atoms with Crippen molar-refractivity contribution in [1.29, 1.82) is 0 Å². The summed E-state index contributed by atoms with van der Waals surface area (Å²) in [5.41, 5.74) is 0.497. The molecule has 0 aromatic carbocycles. The summed E-state index contributed by atoms with van der Waals surface area (Å²) >= 11 is 5.64. The number of hydrogen-bond acceptors (Lipinski definition) is 4. The zero-order valence-electron chi connectivity index (χ0n) is 8.09. The molecule has 0 atom stereocenters. The van der Waals surface area contributed by atoms with E-state index in [9.17, 15) is 4.79 Å². The highest BCUT2D eigenvalue weighted by atomic mass is 35.5. The van der Waals surface area contributed by atoms with Gasteiger partial charge in [-0.15, -0.1) is 0 Å². The molecule has 0 unspecified atom stereocenters. The molecule has 2 aromatic rings. The average molecular weight is 235 g/mol. The number of aromatic nitrogens is 3. The summed E-state index contributed by atoms with van der Waals surface area (Å²) in [4.78, 5) is 23.2. The summed E-state index contributed by atoms with van der Waals surface area (Å²) in [5, 5.41) is 2.80. The van der Waals surface area contributed by atoms with Crippen LogP contribution in [0, 0.1) is 0 Å². The molecule has 1 amide bonds. The number of carbonyl (C=O) groups is 1.